The molecule has 3 aliphatic rings. The van der Waals surface area contributed by atoms with Crippen molar-refractivity contribution in [1.82, 2.24) is 0 Å². The van der Waals surface area contributed by atoms with E-state index >= 15 is 4.39 Å². The van der Waals surface area contributed by atoms with Crippen molar-refractivity contribution < 1.29 is 13.2 Å². The number of fused-ring (bicyclic) bond motifs is 2. The van der Waals surface area contributed by atoms with Gasteiger partial charge >= 0.3 is 0 Å². The Labute approximate surface area is 167 Å². The molecule has 4 rings (SSSR count). The smallest absolute Gasteiger partial charge is 0.207 e. The summed E-state index contributed by atoms with van der Waals surface area (Å²) in [5, 5.41) is 0. The lowest BCUT2D eigenvalue weighted by molar-refractivity contribution is 0.131. The average molecular weight is 391 g/mol. The van der Waals surface area contributed by atoms with Gasteiger partial charge in [-0.2, -0.15) is 8.78 Å². The standard InChI is InChI=1S/C25H33F3/c1-2-3-16-4-6-20-14-23(24(26)15-22(20)10-16)21-9-8-18-11-17(12-25(27)28)5-7-19(18)13-21/h12,14-19,21H,2-11,13H2,1H3. The minimum atomic E-state index is -1.53. The predicted octanol–water partition coefficient (Wildman–Crippen LogP) is 7.81. The van der Waals surface area contributed by atoms with Gasteiger partial charge in [0.2, 0.25) is 0 Å². The zero-order valence-corrected chi connectivity index (χ0v) is 17.0. The lowest BCUT2D eigenvalue weighted by atomic mass is 9.63. The molecule has 5 atom stereocenters. The van der Waals surface area contributed by atoms with Crippen LogP contribution in [0.4, 0.5) is 13.2 Å². The van der Waals surface area contributed by atoms with E-state index in [1.165, 1.54) is 30.4 Å². The van der Waals surface area contributed by atoms with Crippen LogP contribution in [-0.2, 0) is 12.8 Å². The summed E-state index contributed by atoms with van der Waals surface area (Å²) in [6, 6.07) is 4.02. The van der Waals surface area contributed by atoms with E-state index in [4.69, 9.17) is 0 Å². The van der Waals surface area contributed by atoms with E-state index in [9.17, 15) is 8.78 Å². The van der Waals surface area contributed by atoms with Crippen LogP contribution >= 0.6 is 0 Å². The molecule has 2 fully saturated rings. The maximum Gasteiger partial charge on any atom is 0.266 e. The maximum absolute atomic E-state index is 15.0. The fourth-order valence-corrected chi connectivity index (χ4v) is 6.38. The minimum Gasteiger partial charge on any atom is -0.207 e. The summed E-state index contributed by atoms with van der Waals surface area (Å²) in [6.45, 7) is 2.23. The van der Waals surface area contributed by atoms with Crippen molar-refractivity contribution >= 4 is 0 Å². The van der Waals surface area contributed by atoms with E-state index in [-0.39, 0.29) is 11.7 Å². The molecule has 0 heterocycles. The predicted molar refractivity (Wildman–Crippen MR) is 108 cm³/mol. The van der Waals surface area contributed by atoms with Gasteiger partial charge < -0.3 is 0 Å². The first-order chi connectivity index (χ1) is 13.5. The highest BCUT2D eigenvalue weighted by atomic mass is 19.3. The van der Waals surface area contributed by atoms with Crippen LogP contribution in [0.2, 0.25) is 0 Å². The number of hydrogen-bond donors (Lipinski definition) is 0. The van der Waals surface area contributed by atoms with Gasteiger partial charge in [-0.25, -0.2) is 4.39 Å². The lowest BCUT2D eigenvalue weighted by Gasteiger charge is -2.42. The van der Waals surface area contributed by atoms with E-state index in [1.54, 1.807) is 0 Å². The van der Waals surface area contributed by atoms with E-state index in [1.807, 2.05) is 6.07 Å². The molecule has 5 unspecified atom stereocenters. The first-order valence-electron chi connectivity index (χ1n) is 11.4. The monoisotopic (exact) mass is 390 g/mol. The Morgan fingerprint density at radius 1 is 1.00 bits per heavy atom. The molecule has 0 nitrogen and oxygen atoms in total. The van der Waals surface area contributed by atoms with Crippen LogP contribution in [0.25, 0.3) is 0 Å². The number of halogens is 3. The van der Waals surface area contributed by atoms with E-state index in [0.29, 0.717) is 17.8 Å². The number of benzene rings is 1. The molecule has 3 heteroatoms. The van der Waals surface area contributed by atoms with Crippen molar-refractivity contribution in [2.45, 2.75) is 83.5 Å². The topological polar surface area (TPSA) is 0 Å². The summed E-state index contributed by atoms with van der Waals surface area (Å²) in [5.74, 6) is 2.19. The largest absolute Gasteiger partial charge is 0.266 e. The second kappa shape index (κ2) is 8.63. The molecule has 28 heavy (non-hydrogen) atoms. The van der Waals surface area contributed by atoms with Gasteiger partial charge in [-0.3, -0.25) is 0 Å². The first kappa shape index (κ1) is 20.0. The second-order valence-electron chi connectivity index (χ2n) is 9.60. The maximum atomic E-state index is 15.0. The molecule has 0 bridgehead atoms. The molecule has 1 aromatic rings. The highest BCUT2D eigenvalue weighted by Crippen LogP contribution is 2.48. The summed E-state index contributed by atoms with van der Waals surface area (Å²) in [6.07, 6.45) is 11.3. The van der Waals surface area contributed by atoms with Gasteiger partial charge in [0.15, 0.2) is 0 Å². The van der Waals surface area contributed by atoms with Crippen molar-refractivity contribution in [2.24, 2.45) is 23.7 Å². The third kappa shape index (κ3) is 4.33. The van der Waals surface area contributed by atoms with Crippen LogP contribution < -0.4 is 0 Å². The molecule has 2 saturated carbocycles. The zero-order valence-electron chi connectivity index (χ0n) is 17.0. The van der Waals surface area contributed by atoms with Crippen LogP contribution in [-0.4, -0.2) is 0 Å². The van der Waals surface area contributed by atoms with Crippen LogP contribution in [0.3, 0.4) is 0 Å². The van der Waals surface area contributed by atoms with Gasteiger partial charge in [-0.15, -0.1) is 0 Å². The van der Waals surface area contributed by atoms with Crippen LogP contribution in [0.15, 0.2) is 24.3 Å². The molecule has 3 aliphatic carbocycles. The Balaban J connectivity index is 1.44. The highest BCUT2D eigenvalue weighted by molar-refractivity contribution is 5.37. The molecule has 1 aromatic carbocycles. The molecular weight excluding hydrogens is 357 g/mol. The van der Waals surface area contributed by atoms with Crippen LogP contribution in [0.1, 0.15) is 87.3 Å². The zero-order chi connectivity index (χ0) is 19.7. The molecule has 0 N–H and O–H groups in total. The van der Waals surface area contributed by atoms with Gasteiger partial charge in [0.25, 0.3) is 6.08 Å². The normalized spacial score (nSPS) is 32.4. The van der Waals surface area contributed by atoms with Gasteiger partial charge in [0, 0.05) is 0 Å². The molecule has 0 radical (unpaired) electrons. The number of rotatable bonds is 4. The van der Waals surface area contributed by atoms with Gasteiger partial charge in [-0.05, 0) is 116 Å². The lowest BCUT2D eigenvalue weighted by Crippen LogP contribution is -2.30. The summed E-state index contributed by atoms with van der Waals surface area (Å²) >= 11 is 0. The van der Waals surface area contributed by atoms with Crippen molar-refractivity contribution in [3.05, 3.63) is 46.8 Å². The van der Waals surface area contributed by atoms with Gasteiger partial charge in [0.05, 0.1) is 0 Å². The summed E-state index contributed by atoms with van der Waals surface area (Å²) in [7, 11) is 0. The Hall–Kier alpha value is -1.25. The average Bonchev–Trinajstić information content (AvgIpc) is 2.67. The number of allylic oxidation sites excluding steroid dienone is 1. The van der Waals surface area contributed by atoms with Crippen LogP contribution in [0, 0.1) is 29.5 Å². The molecule has 0 aliphatic heterocycles. The quantitative estimate of drug-likeness (QED) is 0.492. The van der Waals surface area contributed by atoms with Crippen molar-refractivity contribution in [2.75, 3.05) is 0 Å². The molecule has 0 saturated heterocycles. The van der Waals surface area contributed by atoms with Gasteiger partial charge in [-0.1, -0.05) is 25.8 Å². The third-order valence-corrected chi connectivity index (χ3v) is 7.80. The highest BCUT2D eigenvalue weighted by Gasteiger charge is 2.36. The minimum absolute atomic E-state index is 0.00420. The summed E-state index contributed by atoms with van der Waals surface area (Å²) in [4.78, 5) is 0. The summed E-state index contributed by atoms with van der Waals surface area (Å²) in [5.41, 5.74) is 3.54. The third-order valence-electron chi connectivity index (χ3n) is 7.80. The van der Waals surface area contributed by atoms with Gasteiger partial charge in [0.1, 0.15) is 5.82 Å². The molecule has 0 aromatic heterocycles. The van der Waals surface area contributed by atoms with Crippen LogP contribution in [0.5, 0.6) is 0 Å². The molecular formula is C25H33F3. The molecule has 0 spiro atoms. The van der Waals surface area contributed by atoms with E-state index in [0.717, 1.165) is 68.9 Å². The number of hydrogen-bond acceptors (Lipinski definition) is 0. The number of aryl methyl sites for hydroxylation is 1. The fourth-order valence-electron chi connectivity index (χ4n) is 6.38. The van der Waals surface area contributed by atoms with E-state index in [2.05, 4.69) is 13.0 Å². The Bertz CT molecular complexity index is 719. The Morgan fingerprint density at radius 2 is 1.79 bits per heavy atom. The summed E-state index contributed by atoms with van der Waals surface area (Å²) < 4.78 is 40.2. The SMILES string of the molecule is CCCC1CCc2cc(C3CCC4CC(C=C(F)F)CCC4C3)c(F)cc2C1. The van der Waals surface area contributed by atoms with E-state index < -0.39 is 6.08 Å². The fraction of sp³-hybridized carbons (Fsp3) is 0.680. The van der Waals surface area contributed by atoms with Crippen molar-refractivity contribution in [3.8, 4) is 0 Å². The van der Waals surface area contributed by atoms with Crippen molar-refractivity contribution in [1.29, 1.82) is 0 Å². The van der Waals surface area contributed by atoms with Crippen molar-refractivity contribution in [3.63, 3.8) is 0 Å². The second-order valence-corrected chi connectivity index (χ2v) is 9.60. The molecule has 0 amide bonds. The molecule has 154 valence electrons. The first-order valence-corrected chi connectivity index (χ1v) is 11.4. The Morgan fingerprint density at radius 3 is 2.57 bits per heavy atom. The Kier molecular flexibility index (Phi) is 6.18.